The number of rotatable bonds is 2. The quantitative estimate of drug-likeness (QED) is 0.643. The maximum Gasteiger partial charge on any atom is 0.0592 e. The van der Waals surface area contributed by atoms with Gasteiger partial charge in [-0.2, -0.15) is 0 Å². The van der Waals surface area contributed by atoms with Gasteiger partial charge in [-0.25, -0.2) is 0 Å². The molecule has 1 aliphatic carbocycles. The van der Waals surface area contributed by atoms with Crippen molar-refractivity contribution in [3.05, 3.63) is 36.4 Å². The summed E-state index contributed by atoms with van der Waals surface area (Å²) >= 11 is 0. The van der Waals surface area contributed by atoms with E-state index in [0.717, 1.165) is 12.1 Å². The van der Waals surface area contributed by atoms with Crippen LogP contribution in [0, 0.1) is 5.92 Å². The Balaban J connectivity index is 1.98. The standard InChI is InChI=1S/C11H14N2/c1-2-4-10(5-3-1)8-11-9-12-6-7-13-11/h2,4,6-7,9-10H,1,3,5,8H2/t10-/m0/s1. The monoisotopic (exact) mass is 174 g/mol. The third-order valence-corrected chi connectivity index (χ3v) is 2.44. The Morgan fingerprint density at radius 2 is 2.38 bits per heavy atom. The molecule has 0 aliphatic heterocycles. The predicted octanol–water partition coefficient (Wildman–Crippen LogP) is 2.38. The summed E-state index contributed by atoms with van der Waals surface area (Å²) in [6.07, 6.45) is 14.9. The first kappa shape index (κ1) is 8.42. The summed E-state index contributed by atoms with van der Waals surface area (Å²) in [7, 11) is 0. The highest BCUT2D eigenvalue weighted by atomic mass is 14.8. The van der Waals surface area contributed by atoms with Crippen LogP contribution < -0.4 is 0 Å². The average molecular weight is 174 g/mol. The fourth-order valence-corrected chi connectivity index (χ4v) is 1.76. The Labute approximate surface area is 78.7 Å². The Morgan fingerprint density at radius 3 is 3.08 bits per heavy atom. The van der Waals surface area contributed by atoms with E-state index in [-0.39, 0.29) is 0 Å². The first-order valence-electron chi connectivity index (χ1n) is 4.87. The Morgan fingerprint density at radius 1 is 1.38 bits per heavy atom. The molecule has 1 aromatic heterocycles. The van der Waals surface area contributed by atoms with E-state index in [9.17, 15) is 0 Å². The molecule has 13 heavy (non-hydrogen) atoms. The van der Waals surface area contributed by atoms with E-state index in [0.29, 0.717) is 5.92 Å². The maximum absolute atomic E-state index is 4.28. The van der Waals surface area contributed by atoms with Gasteiger partial charge in [0.05, 0.1) is 5.69 Å². The summed E-state index contributed by atoms with van der Waals surface area (Å²) in [6, 6.07) is 0. The molecule has 0 fully saturated rings. The van der Waals surface area contributed by atoms with Crippen molar-refractivity contribution in [1.29, 1.82) is 0 Å². The Hall–Kier alpha value is -1.18. The average Bonchev–Trinajstić information content (AvgIpc) is 2.21. The van der Waals surface area contributed by atoms with Crippen LogP contribution >= 0.6 is 0 Å². The lowest BCUT2D eigenvalue weighted by Crippen LogP contribution is -2.05. The molecule has 0 saturated carbocycles. The van der Waals surface area contributed by atoms with Crippen LogP contribution in [0.2, 0.25) is 0 Å². The van der Waals surface area contributed by atoms with E-state index >= 15 is 0 Å². The van der Waals surface area contributed by atoms with Crippen LogP contribution in [0.5, 0.6) is 0 Å². The van der Waals surface area contributed by atoms with Crippen molar-refractivity contribution in [2.24, 2.45) is 5.92 Å². The number of hydrogen-bond acceptors (Lipinski definition) is 2. The summed E-state index contributed by atoms with van der Waals surface area (Å²) in [5, 5.41) is 0. The van der Waals surface area contributed by atoms with E-state index in [1.165, 1.54) is 19.3 Å². The molecule has 0 amide bonds. The zero-order chi connectivity index (χ0) is 8.93. The van der Waals surface area contributed by atoms with Crippen LogP contribution in [0.4, 0.5) is 0 Å². The summed E-state index contributed by atoms with van der Waals surface area (Å²) in [5.41, 5.74) is 1.11. The molecule has 1 aromatic rings. The molecule has 1 atom stereocenters. The minimum absolute atomic E-state index is 0.686. The van der Waals surface area contributed by atoms with Gasteiger partial charge in [0.25, 0.3) is 0 Å². The maximum atomic E-state index is 4.28. The molecule has 0 N–H and O–H groups in total. The van der Waals surface area contributed by atoms with Gasteiger partial charge in [-0.3, -0.25) is 9.97 Å². The minimum Gasteiger partial charge on any atom is -0.261 e. The molecule has 2 heteroatoms. The van der Waals surface area contributed by atoms with Gasteiger partial charge >= 0.3 is 0 Å². The molecule has 1 aliphatic rings. The van der Waals surface area contributed by atoms with E-state index in [1.54, 1.807) is 12.4 Å². The Kier molecular flexibility index (Phi) is 2.70. The largest absolute Gasteiger partial charge is 0.261 e. The van der Waals surface area contributed by atoms with E-state index in [1.807, 2.05) is 6.20 Å². The van der Waals surface area contributed by atoms with E-state index in [4.69, 9.17) is 0 Å². The lowest BCUT2D eigenvalue weighted by molar-refractivity contribution is 0.532. The molecule has 0 radical (unpaired) electrons. The van der Waals surface area contributed by atoms with Gasteiger partial charge in [0.1, 0.15) is 0 Å². The highest BCUT2D eigenvalue weighted by Crippen LogP contribution is 2.19. The number of nitrogens with zero attached hydrogens (tertiary/aromatic N) is 2. The summed E-state index contributed by atoms with van der Waals surface area (Å²) in [4.78, 5) is 8.34. The lowest BCUT2D eigenvalue weighted by atomic mass is 9.92. The zero-order valence-electron chi connectivity index (χ0n) is 7.69. The second-order valence-electron chi connectivity index (χ2n) is 3.52. The van der Waals surface area contributed by atoms with Crippen LogP contribution in [0.25, 0.3) is 0 Å². The second-order valence-corrected chi connectivity index (χ2v) is 3.52. The third kappa shape index (κ3) is 2.38. The molecule has 0 bridgehead atoms. The van der Waals surface area contributed by atoms with Crippen molar-refractivity contribution in [1.82, 2.24) is 9.97 Å². The van der Waals surface area contributed by atoms with Crippen LogP contribution in [0.15, 0.2) is 30.7 Å². The van der Waals surface area contributed by atoms with Gasteiger partial charge in [0.2, 0.25) is 0 Å². The molecular formula is C11H14N2. The summed E-state index contributed by atoms with van der Waals surface area (Å²) < 4.78 is 0. The van der Waals surface area contributed by atoms with Gasteiger partial charge in [0.15, 0.2) is 0 Å². The minimum atomic E-state index is 0.686. The molecule has 2 nitrogen and oxygen atoms in total. The zero-order valence-corrected chi connectivity index (χ0v) is 7.69. The third-order valence-electron chi connectivity index (χ3n) is 2.44. The summed E-state index contributed by atoms with van der Waals surface area (Å²) in [5.74, 6) is 0.686. The normalized spacial score (nSPS) is 21.7. The SMILES string of the molecule is C1=C[C@H](Cc2cnccn2)CCC1. The van der Waals surface area contributed by atoms with Gasteiger partial charge < -0.3 is 0 Å². The fraction of sp³-hybridized carbons (Fsp3) is 0.455. The highest BCUT2D eigenvalue weighted by molar-refractivity contribution is 5.02. The highest BCUT2D eigenvalue weighted by Gasteiger charge is 2.09. The molecule has 0 aromatic carbocycles. The van der Waals surface area contributed by atoms with Gasteiger partial charge in [0, 0.05) is 18.6 Å². The fourth-order valence-electron chi connectivity index (χ4n) is 1.76. The molecule has 1 heterocycles. The van der Waals surface area contributed by atoms with Crippen molar-refractivity contribution in [2.45, 2.75) is 25.7 Å². The molecule has 0 saturated heterocycles. The predicted molar refractivity (Wildman–Crippen MR) is 52.2 cm³/mol. The van der Waals surface area contributed by atoms with E-state index < -0.39 is 0 Å². The smallest absolute Gasteiger partial charge is 0.0592 e. The first-order valence-corrected chi connectivity index (χ1v) is 4.87. The molecular weight excluding hydrogens is 160 g/mol. The number of hydrogen-bond donors (Lipinski definition) is 0. The number of allylic oxidation sites excluding steroid dienone is 2. The van der Waals surface area contributed by atoms with Crippen LogP contribution in [-0.4, -0.2) is 9.97 Å². The molecule has 2 rings (SSSR count). The van der Waals surface area contributed by atoms with Crippen LogP contribution in [-0.2, 0) is 6.42 Å². The van der Waals surface area contributed by atoms with Crippen molar-refractivity contribution in [2.75, 3.05) is 0 Å². The first-order chi connectivity index (χ1) is 6.45. The van der Waals surface area contributed by atoms with Crippen molar-refractivity contribution < 1.29 is 0 Å². The molecule has 0 unspecified atom stereocenters. The van der Waals surface area contributed by atoms with Crippen LogP contribution in [0.3, 0.4) is 0 Å². The van der Waals surface area contributed by atoms with Gasteiger partial charge in [-0.1, -0.05) is 12.2 Å². The van der Waals surface area contributed by atoms with Crippen molar-refractivity contribution >= 4 is 0 Å². The van der Waals surface area contributed by atoms with E-state index in [2.05, 4.69) is 22.1 Å². The lowest BCUT2D eigenvalue weighted by Gasteiger charge is -2.14. The molecule has 0 spiro atoms. The summed E-state index contributed by atoms with van der Waals surface area (Å²) in [6.45, 7) is 0. The molecule has 68 valence electrons. The number of aromatic nitrogens is 2. The Bertz CT molecular complexity index is 279. The van der Waals surface area contributed by atoms with Gasteiger partial charge in [-0.05, 0) is 31.6 Å². The van der Waals surface area contributed by atoms with Gasteiger partial charge in [-0.15, -0.1) is 0 Å². The second kappa shape index (κ2) is 4.17. The van der Waals surface area contributed by atoms with Crippen molar-refractivity contribution in [3.63, 3.8) is 0 Å². The van der Waals surface area contributed by atoms with Crippen LogP contribution in [0.1, 0.15) is 25.0 Å². The van der Waals surface area contributed by atoms with Crippen molar-refractivity contribution in [3.8, 4) is 0 Å². The topological polar surface area (TPSA) is 25.8 Å².